The van der Waals surface area contributed by atoms with Gasteiger partial charge in [0, 0.05) is 135 Å². The molecule has 12 heteroatoms. The van der Waals surface area contributed by atoms with Crippen LogP contribution < -0.4 is 0 Å². The smallest absolute Gasteiger partial charge is 0.155 e. The van der Waals surface area contributed by atoms with Crippen molar-refractivity contribution in [3.63, 3.8) is 0 Å². The molecule has 0 bridgehead atoms. The number of carbonyl (C=O) groups is 1. The number of aliphatic hydroxyl groups is 1. The van der Waals surface area contributed by atoms with Crippen LogP contribution in [0.15, 0.2) is 292 Å². The van der Waals surface area contributed by atoms with Crippen molar-refractivity contribution in [2.75, 3.05) is 0 Å². The van der Waals surface area contributed by atoms with Gasteiger partial charge in [-0.15, -0.1) is 213 Å². The van der Waals surface area contributed by atoms with Crippen molar-refractivity contribution in [1.82, 2.24) is 29.9 Å². The van der Waals surface area contributed by atoms with Crippen LogP contribution >= 0.6 is 0 Å². The molecule has 14 aromatic rings. The zero-order chi connectivity index (χ0) is 71.9. The Balaban J connectivity index is 0.000000261. The average molecular weight is 2090 g/mol. The molecule has 0 saturated carbocycles. The van der Waals surface area contributed by atoms with E-state index in [1.165, 1.54) is 97.8 Å². The molecule has 6 aromatic heterocycles. The first kappa shape index (κ1) is 87.9. The third-order valence-electron chi connectivity index (χ3n) is 15.4. The van der Waals surface area contributed by atoms with Gasteiger partial charge in [0.05, 0.1) is 5.76 Å². The summed E-state index contributed by atoms with van der Waals surface area (Å²) in [6, 6.07) is 101. The van der Waals surface area contributed by atoms with Gasteiger partial charge < -0.3 is 35.0 Å². The predicted octanol–water partition coefficient (Wildman–Crippen LogP) is 22.7. The monoisotopic (exact) mass is 2090 g/mol. The van der Waals surface area contributed by atoms with Crippen LogP contribution in [0.2, 0.25) is 0 Å². The first-order valence-electron chi connectivity index (χ1n) is 33.4. The van der Waals surface area contributed by atoms with Gasteiger partial charge in [-0.25, -0.2) is 0 Å². The molecule has 0 fully saturated rings. The summed E-state index contributed by atoms with van der Waals surface area (Å²) in [4.78, 5) is 36.5. The minimum Gasteiger partial charge on any atom is -0.512 e. The van der Waals surface area contributed by atoms with Gasteiger partial charge in [0.25, 0.3) is 0 Å². The van der Waals surface area contributed by atoms with E-state index in [4.69, 9.17) is 5.11 Å². The Kier molecular flexibility index (Phi) is 38.8. The Hall–Kier alpha value is -9.53. The van der Waals surface area contributed by atoms with Crippen LogP contribution in [-0.4, -0.2) is 40.8 Å². The van der Waals surface area contributed by atoms with Crippen LogP contribution in [0.4, 0.5) is 0 Å². The summed E-state index contributed by atoms with van der Waals surface area (Å²) in [7, 11) is 0. The quantitative estimate of drug-likeness (QED) is 0.0863. The largest absolute Gasteiger partial charge is 0.512 e. The number of pyridine rings is 6. The number of allylic oxidation sites excluding steroid dienone is 2. The van der Waals surface area contributed by atoms with Gasteiger partial charge in [-0.1, -0.05) is 149 Å². The number of hydrogen-bond donors (Lipinski definition) is 1. The maximum atomic E-state index is 10.0. The number of benzene rings is 8. The molecular formula is C93H84Ir4N6O2-6. The first-order valence-corrected chi connectivity index (χ1v) is 33.4. The van der Waals surface area contributed by atoms with Gasteiger partial charge in [0.15, 0.2) is 5.78 Å². The summed E-state index contributed by atoms with van der Waals surface area (Å²) < 4.78 is 0. The second-order valence-electron chi connectivity index (χ2n) is 24.5. The molecule has 0 unspecified atom stereocenters. The molecule has 8 aromatic carbocycles. The van der Waals surface area contributed by atoms with Crippen molar-refractivity contribution < 1.29 is 90.3 Å². The van der Waals surface area contributed by atoms with Crippen molar-refractivity contribution in [3.05, 3.63) is 384 Å². The van der Waals surface area contributed by atoms with Crippen LogP contribution in [0.25, 0.3) is 89.8 Å². The fourth-order valence-electron chi connectivity index (χ4n) is 9.80. The van der Waals surface area contributed by atoms with Crippen molar-refractivity contribution in [2.45, 2.75) is 83.1 Å². The standard InChI is InChI=1S/2C18H14N.4C13H12N.C5H8O2.4Ir/c2*1-14-12-18(16-10-6-3-7-11-16)19-13-17(14)15-8-4-2-5-9-15;4*1-10-3-6-12(7-4-10)13-8-5-11(2)9-14-13;1-4(6)3-5(2)7;;;;/h2*2-10,12-13H,1H3;4*3-6,8-9H,1-2H3;3,6H,1-2H3;;;;/q6*-1;;;;;. The fourth-order valence-corrected chi connectivity index (χ4v) is 9.80. The van der Waals surface area contributed by atoms with E-state index in [-0.39, 0.29) is 92.0 Å². The second-order valence-corrected chi connectivity index (χ2v) is 24.5. The van der Waals surface area contributed by atoms with Crippen LogP contribution in [0.1, 0.15) is 69.5 Å². The van der Waals surface area contributed by atoms with Crippen molar-refractivity contribution in [1.29, 1.82) is 0 Å². The topological polar surface area (TPSA) is 115 Å². The van der Waals surface area contributed by atoms with E-state index in [0.29, 0.717) is 0 Å². The number of aromatic nitrogens is 6. The molecule has 6 heterocycles. The maximum Gasteiger partial charge on any atom is 0.155 e. The van der Waals surface area contributed by atoms with Gasteiger partial charge in [0.2, 0.25) is 0 Å². The zero-order valence-electron chi connectivity index (χ0n) is 61.0. The van der Waals surface area contributed by atoms with Gasteiger partial charge in [-0.2, -0.15) is 0 Å². The van der Waals surface area contributed by atoms with Gasteiger partial charge >= 0.3 is 0 Å². The summed E-state index contributed by atoms with van der Waals surface area (Å²) in [5.41, 5.74) is 29.0. The molecule has 0 atom stereocenters. The summed E-state index contributed by atoms with van der Waals surface area (Å²) in [6.07, 6.45) is 12.6. The van der Waals surface area contributed by atoms with E-state index in [9.17, 15) is 4.79 Å². The molecule has 0 amide bonds. The molecule has 0 saturated heterocycles. The number of rotatable bonds is 9. The van der Waals surface area contributed by atoms with E-state index in [1.807, 2.05) is 223 Å². The van der Waals surface area contributed by atoms with E-state index < -0.39 is 0 Å². The molecule has 8 nitrogen and oxygen atoms in total. The van der Waals surface area contributed by atoms with Gasteiger partial charge in [-0.05, 0) is 134 Å². The molecule has 0 aliphatic rings. The van der Waals surface area contributed by atoms with Crippen molar-refractivity contribution in [3.8, 4) is 89.8 Å². The van der Waals surface area contributed by atoms with Crippen molar-refractivity contribution >= 4 is 5.78 Å². The third kappa shape index (κ3) is 29.9. The SMILES string of the molecule is CC(=O)C=C(C)O.Cc1c[c-]c(-c2ccc(C)cn2)cc1.Cc1c[c-]c(-c2ccc(C)cn2)cc1.Cc1c[c-]c(-c2ccc(C)cn2)cc1.Cc1c[c-]c(-c2ccc(C)cn2)cc1.Cc1cc(-c2[c-]cccc2)ncc1-c1ccccc1.Cc1cc(-c2[c-]cccc2)ncc1-c1ccccc1.[Ir].[Ir].[Ir].[Ir]. The number of ketones is 1. The van der Waals surface area contributed by atoms with Crippen LogP contribution in [0.5, 0.6) is 0 Å². The summed E-state index contributed by atoms with van der Waals surface area (Å²) in [5, 5.41) is 8.36. The van der Waals surface area contributed by atoms with Crippen molar-refractivity contribution in [2.24, 2.45) is 0 Å². The summed E-state index contributed by atoms with van der Waals surface area (Å²) in [6.45, 7) is 23.5. The number of aliphatic hydroxyl groups excluding tert-OH is 1. The molecule has 0 spiro atoms. The average Bonchev–Trinajstić information content (AvgIpc) is 0.828. The van der Waals surface area contributed by atoms with Gasteiger partial charge in [0.1, 0.15) is 0 Å². The van der Waals surface area contributed by atoms with Crippen LogP contribution in [0.3, 0.4) is 0 Å². The minimum atomic E-state index is -0.125. The summed E-state index contributed by atoms with van der Waals surface area (Å²) in [5.74, 6) is -0.0625. The Bertz CT molecular complexity index is 4170. The number of nitrogens with zero attached hydrogens (tertiary/aromatic N) is 6. The van der Waals surface area contributed by atoms with E-state index in [2.05, 4.69) is 193 Å². The zero-order valence-corrected chi connectivity index (χ0v) is 70.6. The third-order valence-corrected chi connectivity index (χ3v) is 15.4. The second kappa shape index (κ2) is 46.3. The Morgan fingerprint density at radius 2 is 0.552 bits per heavy atom. The summed E-state index contributed by atoms with van der Waals surface area (Å²) >= 11 is 0. The van der Waals surface area contributed by atoms with Gasteiger partial charge in [-0.3, -0.25) is 4.79 Å². The molecule has 0 aliphatic carbocycles. The molecule has 1 N–H and O–H groups in total. The fraction of sp³-hybridized carbons (Fsp3) is 0.129. The predicted molar refractivity (Wildman–Crippen MR) is 416 cm³/mol. The molecule has 540 valence electrons. The van der Waals surface area contributed by atoms with Crippen LogP contribution in [0, 0.1) is 106 Å². The molecular weight excluding hydrogens is 2000 g/mol. The van der Waals surface area contributed by atoms with E-state index >= 15 is 0 Å². The number of aryl methyl sites for hydroxylation is 10. The molecule has 0 aliphatic heterocycles. The molecule has 4 radical (unpaired) electrons. The first-order chi connectivity index (χ1) is 48.8. The van der Waals surface area contributed by atoms with Crippen LogP contribution in [-0.2, 0) is 85.2 Å². The number of carbonyl (C=O) groups excluding carboxylic acids is 1. The number of hydrogen-bond acceptors (Lipinski definition) is 8. The molecule has 14 rings (SSSR count). The normalized spacial score (nSPS) is 9.92. The Morgan fingerprint density at radius 3 is 0.752 bits per heavy atom. The minimum absolute atomic E-state index is 0. The Morgan fingerprint density at radius 1 is 0.295 bits per heavy atom. The molecule has 105 heavy (non-hydrogen) atoms. The van der Waals surface area contributed by atoms with E-state index in [0.717, 1.165) is 67.5 Å². The maximum absolute atomic E-state index is 10.0. The Labute approximate surface area is 676 Å². The van der Waals surface area contributed by atoms with E-state index in [1.54, 1.807) is 0 Å².